The van der Waals surface area contributed by atoms with Gasteiger partial charge in [0.25, 0.3) is 0 Å². The first-order valence-electron chi connectivity index (χ1n) is 25.7. The van der Waals surface area contributed by atoms with Gasteiger partial charge < -0.3 is 20.3 Å². The highest BCUT2D eigenvalue weighted by molar-refractivity contribution is 5.77. The predicted molar refractivity (Wildman–Crippen MR) is 264 cm³/mol. The summed E-state index contributed by atoms with van der Waals surface area (Å²) in [7, 11) is 0. The quantitative estimate of drug-likeness (QED) is 0.0245. The first-order chi connectivity index (χ1) is 30.0. The smallest absolute Gasteiger partial charge is 0.306 e. The Balaban J connectivity index is 4.64. The summed E-state index contributed by atoms with van der Waals surface area (Å²) in [4.78, 5) is 26.1. The van der Waals surface area contributed by atoms with E-state index in [1.807, 2.05) is 42.5 Å². The van der Waals surface area contributed by atoms with Crippen molar-refractivity contribution in [1.82, 2.24) is 5.32 Å². The summed E-state index contributed by atoms with van der Waals surface area (Å²) in [5.41, 5.74) is 0. The van der Waals surface area contributed by atoms with Gasteiger partial charge in [0, 0.05) is 6.42 Å². The molecular weight excluding hydrogens is 755 g/mol. The second kappa shape index (κ2) is 48.3. The fourth-order valence-electron chi connectivity index (χ4n) is 7.51. The molecule has 1 amide bonds. The molecule has 0 aliphatic carbocycles. The Hall–Kier alpha value is -2.70. The van der Waals surface area contributed by atoms with E-state index in [0.29, 0.717) is 19.3 Å². The number of esters is 1. The van der Waals surface area contributed by atoms with Gasteiger partial charge >= 0.3 is 5.97 Å². The lowest BCUT2D eigenvalue weighted by Crippen LogP contribution is -2.46. The number of nitrogens with one attached hydrogen (secondary N) is 1. The zero-order chi connectivity index (χ0) is 44.5. The van der Waals surface area contributed by atoms with E-state index in [1.165, 1.54) is 122 Å². The van der Waals surface area contributed by atoms with Crippen LogP contribution in [0.15, 0.2) is 72.9 Å². The Morgan fingerprint density at radius 3 is 1.43 bits per heavy atom. The molecule has 0 heterocycles. The topological polar surface area (TPSA) is 95.9 Å². The predicted octanol–water partition coefficient (Wildman–Crippen LogP) is 15.4. The van der Waals surface area contributed by atoms with E-state index in [2.05, 4.69) is 56.5 Å². The van der Waals surface area contributed by atoms with Crippen LogP contribution in [0.2, 0.25) is 0 Å². The van der Waals surface area contributed by atoms with Crippen molar-refractivity contribution in [2.24, 2.45) is 0 Å². The number of unbranched alkanes of at least 4 members (excludes halogenated alkanes) is 25. The van der Waals surface area contributed by atoms with Crippen LogP contribution in [0.25, 0.3) is 0 Å². The zero-order valence-electron chi connectivity index (χ0n) is 40.0. The summed E-state index contributed by atoms with van der Waals surface area (Å²) in [5.74, 6) is -0.553. The maximum absolute atomic E-state index is 13.2. The average Bonchev–Trinajstić information content (AvgIpc) is 3.25. The largest absolute Gasteiger partial charge is 0.462 e. The van der Waals surface area contributed by atoms with Gasteiger partial charge in [0.05, 0.1) is 25.2 Å². The SMILES string of the molecule is CC/C=C/C=C/C=C\C=C/C=C/CCCCCC(=O)OC(CCC/C=C\CCCCCCCCC)CC(=O)NC(CO)C(O)CCCCCCCCCCCCCCCCC. The Morgan fingerprint density at radius 2 is 0.918 bits per heavy atom. The van der Waals surface area contributed by atoms with Gasteiger partial charge in [-0.05, 0) is 64.2 Å². The lowest BCUT2D eigenvalue weighted by Gasteiger charge is -2.24. The van der Waals surface area contributed by atoms with Crippen molar-refractivity contribution in [2.45, 2.75) is 257 Å². The summed E-state index contributed by atoms with van der Waals surface area (Å²) in [6.45, 7) is 6.32. The van der Waals surface area contributed by atoms with Gasteiger partial charge in [0.2, 0.25) is 5.91 Å². The standard InChI is InChI=1S/C55H97NO5/c1-4-7-10-13-16-19-22-25-27-29-32-35-38-41-44-47-53(58)52(50-57)56-54(59)49-51(46-43-40-37-34-31-24-21-18-15-12-9-6-3)61-55(60)48-45-42-39-36-33-30-28-26-23-20-17-14-11-8-5-2/h8,11,14,17,20,23,26,28,30,33-34,37,51-53,57-58H,4-7,9-10,12-13,15-16,18-19,21-22,24-25,27,29,31-32,35-36,38-50H2,1-3H3,(H,56,59)/b11-8+,17-14+,23-20-,28-26-,33-30+,37-34-. The van der Waals surface area contributed by atoms with Crippen molar-refractivity contribution in [3.05, 3.63) is 72.9 Å². The number of allylic oxidation sites excluding steroid dienone is 12. The molecular formula is C55H97NO5. The zero-order valence-corrected chi connectivity index (χ0v) is 40.0. The second-order valence-electron chi connectivity index (χ2n) is 17.3. The highest BCUT2D eigenvalue weighted by Gasteiger charge is 2.24. The third kappa shape index (κ3) is 43.7. The number of hydrogen-bond acceptors (Lipinski definition) is 5. The molecule has 0 fully saturated rings. The van der Waals surface area contributed by atoms with Crippen molar-refractivity contribution in [3.63, 3.8) is 0 Å². The van der Waals surface area contributed by atoms with E-state index in [1.54, 1.807) is 0 Å². The molecule has 352 valence electrons. The van der Waals surface area contributed by atoms with E-state index in [9.17, 15) is 19.8 Å². The number of aliphatic hydroxyl groups excluding tert-OH is 2. The molecule has 61 heavy (non-hydrogen) atoms. The number of amides is 1. The van der Waals surface area contributed by atoms with Crippen LogP contribution in [-0.4, -0.2) is 46.9 Å². The molecule has 6 nitrogen and oxygen atoms in total. The third-order valence-electron chi connectivity index (χ3n) is 11.4. The van der Waals surface area contributed by atoms with Crippen molar-refractivity contribution < 1.29 is 24.5 Å². The Labute approximate surface area is 377 Å². The van der Waals surface area contributed by atoms with Gasteiger partial charge in [-0.3, -0.25) is 9.59 Å². The molecule has 6 heteroatoms. The fourth-order valence-corrected chi connectivity index (χ4v) is 7.51. The van der Waals surface area contributed by atoms with E-state index < -0.39 is 18.2 Å². The highest BCUT2D eigenvalue weighted by Crippen LogP contribution is 2.17. The monoisotopic (exact) mass is 852 g/mol. The molecule has 3 N–H and O–H groups in total. The number of aliphatic hydroxyl groups is 2. The first kappa shape index (κ1) is 58.3. The van der Waals surface area contributed by atoms with Crippen molar-refractivity contribution in [2.75, 3.05) is 6.61 Å². The van der Waals surface area contributed by atoms with Crippen molar-refractivity contribution in [3.8, 4) is 0 Å². The molecule has 0 radical (unpaired) electrons. The molecule has 0 aromatic heterocycles. The molecule has 0 saturated heterocycles. The molecule has 0 spiro atoms. The Kier molecular flexibility index (Phi) is 46.2. The third-order valence-corrected chi connectivity index (χ3v) is 11.4. The first-order valence-corrected chi connectivity index (χ1v) is 25.7. The van der Waals surface area contributed by atoms with Crippen LogP contribution in [0.4, 0.5) is 0 Å². The minimum atomic E-state index is -0.804. The summed E-state index contributed by atoms with van der Waals surface area (Å²) in [6.07, 6.45) is 61.0. The molecule has 0 aliphatic heterocycles. The lowest BCUT2D eigenvalue weighted by molar-refractivity contribution is -0.151. The van der Waals surface area contributed by atoms with Crippen LogP contribution in [0.1, 0.15) is 239 Å². The average molecular weight is 852 g/mol. The van der Waals surface area contributed by atoms with Crippen LogP contribution in [0, 0.1) is 0 Å². The molecule has 3 unspecified atom stereocenters. The van der Waals surface area contributed by atoms with E-state index in [-0.39, 0.29) is 24.9 Å². The van der Waals surface area contributed by atoms with Crippen LogP contribution < -0.4 is 5.32 Å². The molecule has 0 aliphatic rings. The van der Waals surface area contributed by atoms with E-state index in [0.717, 1.165) is 70.6 Å². The maximum Gasteiger partial charge on any atom is 0.306 e. The van der Waals surface area contributed by atoms with E-state index >= 15 is 0 Å². The molecule has 0 aromatic carbocycles. The number of hydrogen-bond donors (Lipinski definition) is 3. The van der Waals surface area contributed by atoms with Gasteiger partial charge in [-0.25, -0.2) is 0 Å². The summed E-state index contributed by atoms with van der Waals surface area (Å²) in [5, 5.41) is 23.8. The molecule has 0 bridgehead atoms. The summed E-state index contributed by atoms with van der Waals surface area (Å²) < 4.78 is 5.89. The van der Waals surface area contributed by atoms with Gasteiger partial charge in [0.15, 0.2) is 0 Å². The Bertz CT molecular complexity index is 1140. The fraction of sp³-hybridized carbons (Fsp3) is 0.745. The molecule has 3 atom stereocenters. The number of carbonyl (C=O) groups is 2. The van der Waals surface area contributed by atoms with Gasteiger partial charge in [-0.15, -0.1) is 0 Å². The lowest BCUT2D eigenvalue weighted by atomic mass is 10.0. The summed E-state index contributed by atoms with van der Waals surface area (Å²) in [6, 6.07) is -0.721. The molecule has 0 aromatic rings. The maximum atomic E-state index is 13.2. The van der Waals surface area contributed by atoms with Crippen LogP contribution in [0.5, 0.6) is 0 Å². The van der Waals surface area contributed by atoms with Crippen molar-refractivity contribution >= 4 is 11.9 Å². The normalized spacial score (nSPS) is 13.9. The van der Waals surface area contributed by atoms with Crippen LogP contribution in [-0.2, 0) is 14.3 Å². The van der Waals surface area contributed by atoms with Crippen molar-refractivity contribution in [1.29, 1.82) is 0 Å². The molecule has 0 saturated carbocycles. The van der Waals surface area contributed by atoms with Gasteiger partial charge in [-0.1, -0.05) is 235 Å². The minimum absolute atomic E-state index is 0.0371. The summed E-state index contributed by atoms with van der Waals surface area (Å²) >= 11 is 0. The van der Waals surface area contributed by atoms with Gasteiger partial charge in [0.1, 0.15) is 6.10 Å². The molecule has 0 rings (SSSR count). The second-order valence-corrected chi connectivity index (χ2v) is 17.3. The number of rotatable bonds is 45. The minimum Gasteiger partial charge on any atom is -0.462 e. The van der Waals surface area contributed by atoms with Crippen LogP contribution in [0.3, 0.4) is 0 Å². The number of ether oxygens (including phenoxy) is 1. The number of carbonyl (C=O) groups excluding carboxylic acids is 2. The van der Waals surface area contributed by atoms with E-state index in [4.69, 9.17) is 4.74 Å². The van der Waals surface area contributed by atoms with Gasteiger partial charge in [-0.2, -0.15) is 0 Å². The Morgan fingerprint density at radius 1 is 0.492 bits per heavy atom. The van der Waals surface area contributed by atoms with Crippen LogP contribution >= 0.6 is 0 Å². The highest BCUT2D eigenvalue weighted by atomic mass is 16.5.